The molecule has 0 unspecified atom stereocenters. The van der Waals surface area contributed by atoms with Gasteiger partial charge in [0.1, 0.15) is 5.82 Å². The highest BCUT2D eigenvalue weighted by molar-refractivity contribution is 5.79. The molecule has 1 N–H and O–H groups in total. The lowest BCUT2D eigenvalue weighted by molar-refractivity contribution is 0.297. The molecular formula is C21H18N8O3. The number of pyridine rings is 1. The lowest BCUT2D eigenvalue weighted by Crippen LogP contribution is -2.20. The quantitative estimate of drug-likeness (QED) is 0.460. The van der Waals surface area contributed by atoms with Gasteiger partial charge in [-0.15, -0.1) is 10.2 Å². The number of rotatable bonds is 3. The molecule has 1 aromatic carbocycles. The van der Waals surface area contributed by atoms with Crippen LogP contribution < -0.4 is 15.0 Å². The highest BCUT2D eigenvalue weighted by atomic mass is 16.5. The van der Waals surface area contributed by atoms with E-state index in [1.807, 2.05) is 25.1 Å². The van der Waals surface area contributed by atoms with Crippen LogP contribution in [0.2, 0.25) is 0 Å². The zero-order valence-corrected chi connectivity index (χ0v) is 17.1. The third-order valence-electron chi connectivity index (χ3n) is 5.31. The molecule has 0 fully saturated rings. The second-order valence-electron chi connectivity index (χ2n) is 7.34. The van der Waals surface area contributed by atoms with Crippen LogP contribution in [-0.4, -0.2) is 52.5 Å². The van der Waals surface area contributed by atoms with E-state index in [-0.39, 0.29) is 5.56 Å². The first-order valence-corrected chi connectivity index (χ1v) is 10.3. The minimum atomic E-state index is -0.286. The van der Waals surface area contributed by atoms with E-state index in [2.05, 4.69) is 30.2 Å². The summed E-state index contributed by atoms with van der Waals surface area (Å²) in [5, 5.41) is 11.9. The SMILES string of the molecule is CCc1nc(-n2ccc3c(cnc4nc(-c5ccc6c(c5)OCCCO6)nn43)c2=O)n[nH]1. The van der Waals surface area contributed by atoms with E-state index in [0.717, 1.165) is 12.0 Å². The molecule has 0 saturated heterocycles. The highest BCUT2D eigenvalue weighted by Gasteiger charge is 2.17. The van der Waals surface area contributed by atoms with Crippen molar-refractivity contribution >= 4 is 16.7 Å². The van der Waals surface area contributed by atoms with Crippen LogP contribution >= 0.6 is 0 Å². The Bertz CT molecular complexity index is 1530. The van der Waals surface area contributed by atoms with Crippen LogP contribution in [-0.2, 0) is 6.42 Å². The molecule has 11 heteroatoms. The molecule has 0 atom stereocenters. The Morgan fingerprint density at radius 2 is 2.00 bits per heavy atom. The van der Waals surface area contributed by atoms with Crippen molar-refractivity contribution in [2.75, 3.05) is 13.2 Å². The van der Waals surface area contributed by atoms with Crippen molar-refractivity contribution in [3.05, 3.63) is 52.8 Å². The molecule has 11 nitrogen and oxygen atoms in total. The van der Waals surface area contributed by atoms with Crippen LogP contribution in [0.25, 0.3) is 34.0 Å². The Kier molecular flexibility index (Phi) is 4.13. The molecule has 0 spiro atoms. The van der Waals surface area contributed by atoms with Gasteiger partial charge >= 0.3 is 0 Å². The maximum absolute atomic E-state index is 13.1. The standard InChI is InChI=1S/C21H18N8O3/c1-2-17-23-21(26-25-17)28-7-6-14-13(19(28)30)11-22-20-24-18(27-29(14)20)12-4-5-15-16(10-12)32-9-3-8-31-15/h4-7,10-11H,2-3,8-9H2,1H3,(H,23,25,26). The van der Waals surface area contributed by atoms with Gasteiger partial charge in [0.15, 0.2) is 17.3 Å². The van der Waals surface area contributed by atoms with E-state index in [9.17, 15) is 4.79 Å². The number of fused-ring (bicyclic) bond motifs is 4. The van der Waals surface area contributed by atoms with Crippen LogP contribution in [0.5, 0.6) is 11.5 Å². The van der Waals surface area contributed by atoms with Crippen LogP contribution in [0.15, 0.2) is 41.5 Å². The average Bonchev–Trinajstić information content (AvgIpc) is 3.40. The molecule has 0 bridgehead atoms. The third-order valence-corrected chi connectivity index (χ3v) is 5.31. The number of hydrogen-bond donors (Lipinski definition) is 1. The number of ether oxygens (including phenoxy) is 2. The molecule has 0 saturated carbocycles. The predicted molar refractivity (Wildman–Crippen MR) is 114 cm³/mol. The number of benzene rings is 1. The average molecular weight is 430 g/mol. The summed E-state index contributed by atoms with van der Waals surface area (Å²) in [6.07, 6.45) is 4.65. The second-order valence-corrected chi connectivity index (χ2v) is 7.34. The number of H-pyrrole nitrogens is 1. The Morgan fingerprint density at radius 1 is 1.12 bits per heavy atom. The van der Waals surface area contributed by atoms with Crippen molar-refractivity contribution in [2.45, 2.75) is 19.8 Å². The fraction of sp³-hybridized carbons (Fsp3) is 0.238. The summed E-state index contributed by atoms with van der Waals surface area (Å²) < 4.78 is 14.4. The van der Waals surface area contributed by atoms with Gasteiger partial charge in [-0.1, -0.05) is 6.92 Å². The van der Waals surface area contributed by atoms with Gasteiger partial charge in [-0.25, -0.2) is 9.55 Å². The maximum atomic E-state index is 13.1. The van der Waals surface area contributed by atoms with Gasteiger partial charge in [-0.2, -0.15) is 14.5 Å². The van der Waals surface area contributed by atoms with Gasteiger partial charge in [0, 0.05) is 30.8 Å². The summed E-state index contributed by atoms with van der Waals surface area (Å²) >= 11 is 0. The van der Waals surface area contributed by atoms with Gasteiger partial charge in [0.05, 0.1) is 24.1 Å². The molecule has 4 aromatic heterocycles. The maximum Gasteiger partial charge on any atom is 0.268 e. The minimum Gasteiger partial charge on any atom is -0.490 e. The highest BCUT2D eigenvalue weighted by Crippen LogP contribution is 2.33. The normalized spacial score (nSPS) is 13.5. The topological polar surface area (TPSA) is 125 Å². The largest absolute Gasteiger partial charge is 0.490 e. The number of aromatic amines is 1. The van der Waals surface area contributed by atoms with E-state index in [1.165, 1.54) is 10.8 Å². The molecular weight excluding hydrogens is 412 g/mol. The van der Waals surface area contributed by atoms with E-state index in [1.54, 1.807) is 16.8 Å². The van der Waals surface area contributed by atoms with E-state index >= 15 is 0 Å². The Morgan fingerprint density at radius 3 is 2.84 bits per heavy atom. The summed E-state index contributed by atoms with van der Waals surface area (Å²) in [6, 6.07) is 7.37. The fourth-order valence-corrected chi connectivity index (χ4v) is 3.65. The number of aromatic nitrogens is 8. The first-order valence-electron chi connectivity index (χ1n) is 10.3. The molecule has 5 heterocycles. The van der Waals surface area contributed by atoms with Crippen molar-refractivity contribution < 1.29 is 9.47 Å². The second kappa shape index (κ2) is 7.15. The van der Waals surface area contributed by atoms with Crippen molar-refractivity contribution in [2.24, 2.45) is 0 Å². The van der Waals surface area contributed by atoms with Crippen LogP contribution in [0.1, 0.15) is 19.2 Å². The minimum absolute atomic E-state index is 0.286. The van der Waals surface area contributed by atoms with Gasteiger partial charge in [0.25, 0.3) is 17.3 Å². The number of hydrogen-bond acceptors (Lipinski definition) is 8. The number of nitrogens with one attached hydrogen (secondary N) is 1. The van der Waals surface area contributed by atoms with Crippen molar-refractivity contribution in [3.63, 3.8) is 0 Å². The van der Waals surface area contributed by atoms with Gasteiger partial charge < -0.3 is 9.47 Å². The molecule has 0 aliphatic carbocycles. The molecule has 1 aliphatic rings. The number of nitrogens with zero attached hydrogens (tertiary/aromatic N) is 7. The molecule has 32 heavy (non-hydrogen) atoms. The molecule has 0 radical (unpaired) electrons. The first-order chi connectivity index (χ1) is 15.7. The van der Waals surface area contributed by atoms with E-state index in [4.69, 9.17) is 9.47 Å². The van der Waals surface area contributed by atoms with Gasteiger partial charge in [-0.3, -0.25) is 9.89 Å². The van der Waals surface area contributed by atoms with Crippen molar-refractivity contribution in [1.29, 1.82) is 0 Å². The van der Waals surface area contributed by atoms with Gasteiger partial charge in [-0.05, 0) is 24.3 Å². The summed E-state index contributed by atoms with van der Waals surface area (Å²) in [4.78, 5) is 26.3. The molecule has 6 rings (SSSR count). The zero-order chi connectivity index (χ0) is 21.7. The Balaban J connectivity index is 1.46. The lowest BCUT2D eigenvalue weighted by Gasteiger charge is -2.07. The monoisotopic (exact) mass is 430 g/mol. The fourth-order valence-electron chi connectivity index (χ4n) is 3.65. The Hall–Kier alpha value is -4.28. The third kappa shape index (κ3) is 2.89. The van der Waals surface area contributed by atoms with E-state index in [0.29, 0.717) is 65.4 Å². The molecule has 1 aliphatic heterocycles. The van der Waals surface area contributed by atoms with E-state index < -0.39 is 0 Å². The van der Waals surface area contributed by atoms with Crippen LogP contribution in [0.3, 0.4) is 0 Å². The molecule has 160 valence electrons. The summed E-state index contributed by atoms with van der Waals surface area (Å²) in [5.74, 6) is 3.24. The number of aryl methyl sites for hydroxylation is 1. The van der Waals surface area contributed by atoms with Crippen LogP contribution in [0.4, 0.5) is 0 Å². The summed E-state index contributed by atoms with van der Waals surface area (Å²) in [7, 11) is 0. The van der Waals surface area contributed by atoms with Gasteiger partial charge in [0.2, 0.25) is 0 Å². The summed E-state index contributed by atoms with van der Waals surface area (Å²) in [6.45, 7) is 3.18. The van der Waals surface area contributed by atoms with Crippen LogP contribution in [0, 0.1) is 0 Å². The first kappa shape index (κ1) is 18.5. The summed E-state index contributed by atoms with van der Waals surface area (Å²) in [5.41, 5.74) is 1.08. The predicted octanol–water partition coefficient (Wildman–Crippen LogP) is 1.94. The molecule has 0 amide bonds. The zero-order valence-electron chi connectivity index (χ0n) is 17.1. The van der Waals surface area contributed by atoms with Crippen molar-refractivity contribution in [1.82, 2.24) is 39.3 Å². The smallest absolute Gasteiger partial charge is 0.268 e. The Labute approximate surface area is 180 Å². The van der Waals surface area contributed by atoms with Crippen molar-refractivity contribution in [3.8, 4) is 28.8 Å². The molecule has 5 aromatic rings. The lowest BCUT2D eigenvalue weighted by atomic mass is 10.2.